The van der Waals surface area contributed by atoms with Crippen molar-refractivity contribution < 1.29 is 33.3 Å². The molecular weight excluding hydrogens is 404 g/mol. The average molecular weight is 424 g/mol. The molecule has 4 atom stereocenters. The van der Waals surface area contributed by atoms with Gasteiger partial charge in [-0.05, 0) is 0 Å². The van der Waals surface area contributed by atoms with Crippen molar-refractivity contribution in [3.05, 3.63) is 27.2 Å². The Morgan fingerprint density at radius 3 is 2.33 bits per heavy atom. The maximum Gasteiger partial charge on any atom is 0.329 e. The van der Waals surface area contributed by atoms with E-state index in [0.29, 0.717) is 0 Å². The smallest absolute Gasteiger partial charge is 0.329 e. The lowest BCUT2D eigenvalue weighted by Gasteiger charge is -2.24. The fourth-order valence-electron chi connectivity index (χ4n) is 3.29. The lowest BCUT2D eigenvalue weighted by molar-refractivity contribution is -0.166. The van der Waals surface area contributed by atoms with Gasteiger partial charge >= 0.3 is 23.6 Å². The minimum absolute atomic E-state index is 0.0465. The van der Waals surface area contributed by atoms with Gasteiger partial charge in [-0.15, -0.1) is 0 Å². The maximum atomic E-state index is 12.1. The van der Waals surface area contributed by atoms with E-state index < -0.39 is 53.7 Å². The van der Waals surface area contributed by atoms with Crippen molar-refractivity contribution in [2.45, 2.75) is 45.3 Å². The predicted octanol–water partition coefficient (Wildman–Crippen LogP) is -1.25. The molecule has 0 aliphatic carbocycles. The normalized spacial score (nSPS) is 23.3. The second-order valence-corrected chi connectivity index (χ2v) is 6.66. The second-order valence-electron chi connectivity index (χ2n) is 6.66. The van der Waals surface area contributed by atoms with Gasteiger partial charge in [0, 0.05) is 27.8 Å². The highest BCUT2D eigenvalue weighted by Gasteiger charge is 2.51. The summed E-state index contributed by atoms with van der Waals surface area (Å²) in [5, 5.41) is 0. The molecule has 1 fully saturated rings. The fraction of sp³-hybridized carbons (Fsp3) is 0.529. The van der Waals surface area contributed by atoms with Gasteiger partial charge in [0.2, 0.25) is 0 Å². The van der Waals surface area contributed by atoms with E-state index in [4.69, 9.17) is 18.9 Å². The Balaban J connectivity index is 2.11. The number of carbonyl (C=O) groups excluding carboxylic acids is 3. The van der Waals surface area contributed by atoms with E-state index in [9.17, 15) is 24.0 Å². The molecule has 13 heteroatoms. The number of aryl methyl sites for hydroxylation is 1. The Morgan fingerprint density at radius 1 is 1.10 bits per heavy atom. The molecule has 2 aromatic rings. The summed E-state index contributed by atoms with van der Waals surface area (Å²) in [6, 6.07) is 0. The number of aromatic nitrogens is 4. The topological polar surface area (TPSA) is 161 Å². The van der Waals surface area contributed by atoms with Gasteiger partial charge in [-0.2, -0.15) is 0 Å². The Morgan fingerprint density at radius 2 is 1.73 bits per heavy atom. The fourth-order valence-corrected chi connectivity index (χ4v) is 3.29. The van der Waals surface area contributed by atoms with E-state index >= 15 is 0 Å². The molecule has 0 aromatic carbocycles. The van der Waals surface area contributed by atoms with E-state index in [-0.39, 0.29) is 17.8 Å². The third-order valence-corrected chi connectivity index (χ3v) is 4.44. The largest absolute Gasteiger partial charge is 0.463 e. The van der Waals surface area contributed by atoms with Gasteiger partial charge in [0.1, 0.15) is 12.7 Å². The first-order valence-corrected chi connectivity index (χ1v) is 8.89. The van der Waals surface area contributed by atoms with Gasteiger partial charge in [-0.3, -0.25) is 33.3 Å². The molecule has 13 nitrogen and oxygen atoms in total. The van der Waals surface area contributed by atoms with Gasteiger partial charge in [0.05, 0.1) is 6.33 Å². The van der Waals surface area contributed by atoms with E-state index in [1.807, 2.05) is 0 Å². The van der Waals surface area contributed by atoms with Crippen LogP contribution >= 0.6 is 0 Å². The summed E-state index contributed by atoms with van der Waals surface area (Å²) in [7, 11) is 1.41. The summed E-state index contributed by atoms with van der Waals surface area (Å²) in [4.78, 5) is 64.9. The summed E-state index contributed by atoms with van der Waals surface area (Å²) in [6.45, 7) is 3.24. The van der Waals surface area contributed by atoms with Gasteiger partial charge < -0.3 is 18.9 Å². The molecule has 0 unspecified atom stereocenters. The van der Waals surface area contributed by atoms with Crippen LogP contribution in [0, 0.1) is 0 Å². The van der Waals surface area contributed by atoms with Crippen LogP contribution in [0.4, 0.5) is 0 Å². The zero-order chi connectivity index (χ0) is 22.2. The number of aromatic amines is 1. The standard InChI is InChI=1S/C17H20N4O9/c1-7(22)27-5-10-12(28-8(2)23)13(29-9(3)24)16(30-10)21-6-18-11-14(25)19-17(26)20(4)15(11)21/h6,10,12-13,16H,5H2,1-4H3,(H,19,25,26)/t10-,12-,13-,16-/m1/s1. The molecule has 1 saturated heterocycles. The summed E-state index contributed by atoms with van der Waals surface area (Å²) in [5.41, 5.74) is -1.35. The van der Waals surface area contributed by atoms with Crippen LogP contribution in [0.25, 0.3) is 11.2 Å². The number of imidazole rings is 1. The first kappa shape index (κ1) is 21.2. The molecule has 0 spiro atoms. The van der Waals surface area contributed by atoms with E-state index in [1.54, 1.807) is 0 Å². The van der Waals surface area contributed by atoms with Gasteiger partial charge in [0.25, 0.3) is 5.56 Å². The molecule has 1 aliphatic rings. The van der Waals surface area contributed by atoms with Crippen molar-refractivity contribution in [1.82, 2.24) is 19.1 Å². The first-order valence-electron chi connectivity index (χ1n) is 8.89. The van der Waals surface area contributed by atoms with Crippen LogP contribution in [0.3, 0.4) is 0 Å². The van der Waals surface area contributed by atoms with Crippen LogP contribution in [-0.2, 0) is 40.4 Å². The molecule has 3 rings (SSSR count). The number of nitrogens with one attached hydrogen (secondary N) is 1. The molecule has 3 heterocycles. The zero-order valence-corrected chi connectivity index (χ0v) is 16.6. The predicted molar refractivity (Wildman–Crippen MR) is 97.2 cm³/mol. The SMILES string of the molecule is CC(=O)OC[C@H]1O[C@@H](n2cnc3c(=O)[nH]c(=O)n(C)c32)[C@H](OC(C)=O)[C@@H]1OC(C)=O. The quantitative estimate of drug-likeness (QED) is 0.453. The number of H-pyrrole nitrogens is 1. The third kappa shape index (κ3) is 3.96. The van der Waals surface area contributed by atoms with Crippen molar-refractivity contribution in [3.8, 4) is 0 Å². The molecular formula is C17H20N4O9. The zero-order valence-electron chi connectivity index (χ0n) is 16.6. The number of hydrogen-bond acceptors (Lipinski definition) is 10. The average Bonchev–Trinajstić information content (AvgIpc) is 3.20. The Hall–Kier alpha value is -3.48. The van der Waals surface area contributed by atoms with E-state index in [2.05, 4.69) is 9.97 Å². The summed E-state index contributed by atoms with van der Waals surface area (Å²) in [5.74, 6) is -1.95. The Bertz CT molecular complexity index is 1110. The maximum absolute atomic E-state index is 12.1. The number of carbonyl (C=O) groups is 3. The van der Waals surface area contributed by atoms with Gasteiger partial charge in [-0.25, -0.2) is 9.78 Å². The molecule has 0 saturated carbocycles. The molecule has 30 heavy (non-hydrogen) atoms. The van der Waals surface area contributed by atoms with Crippen molar-refractivity contribution >= 4 is 29.1 Å². The lowest BCUT2D eigenvalue weighted by atomic mass is 10.1. The number of nitrogens with zero attached hydrogens (tertiary/aromatic N) is 3. The van der Waals surface area contributed by atoms with Crippen molar-refractivity contribution in [2.75, 3.05) is 6.61 Å². The van der Waals surface area contributed by atoms with E-state index in [0.717, 1.165) is 18.4 Å². The molecule has 0 radical (unpaired) electrons. The highest BCUT2D eigenvalue weighted by atomic mass is 16.7. The van der Waals surface area contributed by atoms with Crippen molar-refractivity contribution in [1.29, 1.82) is 0 Å². The highest BCUT2D eigenvalue weighted by molar-refractivity contribution is 5.70. The van der Waals surface area contributed by atoms with Crippen LogP contribution in [0.5, 0.6) is 0 Å². The lowest BCUT2D eigenvalue weighted by Crippen LogP contribution is -2.40. The number of hydrogen-bond donors (Lipinski definition) is 1. The van der Waals surface area contributed by atoms with E-state index in [1.165, 1.54) is 24.9 Å². The molecule has 162 valence electrons. The summed E-state index contributed by atoms with van der Waals surface area (Å²) < 4.78 is 24.0. The number of ether oxygens (including phenoxy) is 4. The second kappa shape index (κ2) is 8.10. The number of fused-ring (bicyclic) bond motifs is 1. The number of rotatable bonds is 5. The van der Waals surface area contributed by atoms with Gasteiger partial charge in [0.15, 0.2) is 29.6 Å². The van der Waals surface area contributed by atoms with Gasteiger partial charge in [-0.1, -0.05) is 0 Å². The molecule has 1 N–H and O–H groups in total. The monoisotopic (exact) mass is 424 g/mol. The minimum atomic E-state index is -1.17. The van der Waals surface area contributed by atoms with Crippen molar-refractivity contribution in [3.63, 3.8) is 0 Å². The minimum Gasteiger partial charge on any atom is -0.463 e. The molecule has 0 amide bonds. The van der Waals surface area contributed by atoms with Crippen LogP contribution in [0.15, 0.2) is 15.9 Å². The molecule has 0 bridgehead atoms. The highest BCUT2D eigenvalue weighted by Crippen LogP contribution is 2.35. The molecule has 1 aliphatic heterocycles. The van der Waals surface area contributed by atoms with Crippen LogP contribution < -0.4 is 11.2 Å². The van der Waals surface area contributed by atoms with Crippen LogP contribution in [0.2, 0.25) is 0 Å². The summed E-state index contributed by atoms with van der Waals surface area (Å²) >= 11 is 0. The Labute approximate surface area is 168 Å². The van der Waals surface area contributed by atoms with Crippen LogP contribution in [-0.4, -0.2) is 61.9 Å². The summed E-state index contributed by atoms with van der Waals surface area (Å²) in [6.07, 6.45) is -3.16. The Kier molecular flexibility index (Phi) is 5.73. The number of esters is 3. The van der Waals surface area contributed by atoms with Crippen molar-refractivity contribution in [2.24, 2.45) is 7.05 Å². The molecule has 2 aromatic heterocycles. The third-order valence-electron chi connectivity index (χ3n) is 4.44. The van der Waals surface area contributed by atoms with Crippen LogP contribution in [0.1, 0.15) is 27.0 Å². The first-order chi connectivity index (χ1) is 14.1.